The van der Waals surface area contributed by atoms with Crippen LogP contribution in [0.3, 0.4) is 0 Å². The van der Waals surface area contributed by atoms with Crippen molar-refractivity contribution in [3.05, 3.63) is 0 Å². The van der Waals surface area contributed by atoms with Crippen molar-refractivity contribution in [2.45, 2.75) is 39.7 Å². The number of sulfonamides is 1. The highest BCUT2D eigenvalue weighted by molar-refractivity contribution is 7.88. The Morgan fingerprint density at radius 2 is 1.90 bits per heavy atom. The summed E-state index contributed by atoms with van der Waals surface area (Å²) < 4.78 is 24.2. The van der Waals surface area contributed by atoms with Crippen molar-refractivity contribution in [3.63, 3.8) is 0 Å². The molecule has 0 saturated heterocycles. The molecule has 0 heterocycles. The van der Waals surface area contributed by atoms with E-state index in [1.807, 2.05) is 0 Å². The maximum atomic E-state index is 12.3. The van der Waals surface area contributed by atoms with Crippen molar-refractivity contribution in [2.24, 2.45) is 23.0 Å². The molecule has 20 heavy (non-hydrogen) atoms. The second-order valence-electron chi connectivity index (χ2n) is 6.36. The second kappa shape index (κ2) is 6.41. The lowest BCUT2D eigenvalue weighted by Gasteiger charge is -2.46. The Morgan fingerprint density at radius 3 is 2.45 bits per heavy atom. The first-order valence-corrected chi connectivity index (χ1v) is 8.92. The van der Waals surface area contributed by atoms with E-state index >= 15 is 0 Å². The van der Waals surface area contributed by atoms with Gasteiger partial charge in [-0.1, -0.05) is 20.8 Å². The van der Waals surface area contributed by atoms with Gasteiger partial charge < -0.3 is 11.1 Å². The van der Waals surface area contributed by atoms with Crippen LogP contribution in [0.4, 0.5) is 0 Å². The van der Waals surface area contributed by atoms with Gasteiger partial charge in [-0.2, -0.15) is 0 Å². The Hall–Kier alpha value is -0.660. The Balaban J connectivity index is 2.51. The summed E-state index contributed by atoms with van der Waals surface area (Å²) in [5, 5.41) is 2.81. The Labute approximate surface area is 121 Å². The molecule has 1 amide bonds. The fourth-order valence-electron chi connectivity index (χ4n) is 2.86. The first-order chi connectivity index (χ1) is 9.05. The van der Waals surface area contributed by atoms with Gasteiger partial charge in [0.1, 0.15) is 0 Å². The van der Waals surface area contributed by atoms with Gasteiger partial charge in [-0.05, 0) is 24.2 Å². The zero-order valence-corrected chi connectivity index (χ0v) is 13.6. The van der Waals surface area contributed by atoms with Crippen molar-refractivity contribution in [1.82, 2.24) is 10.0 Å². The Morgan fingerprint density at radius 1 is 1.30 bits per heavy atom. The maximum Gasteiger partial charge on any atom is 0.223 e. The van der Waals surface area contributed by atoms with Crippen LogP contribution in [0.1, 0.15) is 33.6 Å². The zero-order valence-electron chi connectivity index (χ0n) is 12.8. The van der Waals surface area contributed by atoms with E-state index in [1.165, 1.54) is 0 Å². The number of hydrogen-bond donors (Lipinski definition) is 3. The topological polar surface area (TPSA) is 101 Å². The first kappa shape index (κ1) is 17.4. The van der Waals surface area contributed by atoms with Gasteiger partial charge in [0.15, 0.2) is 0 Å². The monoisotopic (exact) mass is 305 g/mol. The summed E-state index contributed by atoms with van der Waals surface area (Å²) in [6, 6.07) is 0.140. The predicted octanol–water partition coefficient (Wildman–Crippen LogP) is 0.0514. The lowest BCUT2D eigenvalue weighted by atomic mass is 9.61. The van der Waals surface area contributed by atoms with Gasteiger partial charge in [-0.25, -0.2) is 13.1 Å². The molecule has 0 aliphatic heterocycles. The van der Waals surface area contributed by atoms with Crippen LogP contribution < -0.4 is 15.8 Å². The highest BCUT2D eigenvalue weighted by Crippen LogP contribution is 2.44. The van der Waals surface area contributed by atoms with Crippen molar-refractivity contribution in [3.8, 4) is 0 Å². The van der Waals surface area contributed by atoms with Crippen LogP contribution in [0.2, 0.25) is 0 Å². The molecule has 1 aliphatic rings. The highest BCUT2D eigenvalue weighted by atomic mass is 32.2. The molecular weight excluding hydrogens is 278 g/mol. The first-order valence-electron chi connectivity index (χ1n) is 7.03. The SMILES string of the molecule is CC1C(N)CCC(C(=O)NCCNS(C)(=O)=O)C1(C)C. The van der Waals surface area contributed by atoms with Gasteiger partial charge in [0.25, 0.3) is 0 Å². The summed E-state index contributed by atoms with van der Waals surface area (Å²) in [5.74, 6) is 0.195. The minimum absolute atomic E-state index is 0.0101. The summed E-state index contributed by atoms with van der Waals surface area (Å²) in [4.78, 5) is 12.3. The highest BCUT2D eigenvalue weighted by Gasteiger charge is 2.44. The minimum Gasteiger partial charge on any atom is -0.355 e. The quantitative estimate of drug-likeness (QED) is 0.625. The summed E-state index contributed by atoms with van der Waals surface area (Å²) in [6.07, 6.45) is 2.73. The van der Waals surface area contributed by atoms with E-state index in [0.717, 1.165) is 19.1 Å². The Kier molecular flexibility index (Phi) is 5.57. The number of nitrogens with one attached hydrogen (secondary N) is 2. The van der Waals surface area contributed by atoms with Crippen LogP contribution in [0.25, 0.3) is 0 Å². The average Bonchev–Trinajstić information content (AvgIpc) is 2.30. The van der Waals surface area contributed by atoms with E-state index in [-0.39, 0.29) is 35.7 Å². The summed E-state index contributed by atoms with van der Waals surface area (Å²) in [5.41, 5.74) is 5.93. The van der Waals surface area contributed by atoms with E-state index in [9.17, 15) is 13.2 Å². The van der Waals surface area contributed by atoms with Crippen molar-refractivity contribution < 1.29 is 13.2 Å². The van der Waals surface area contributed by atoms with Gasteiger partial charge in [0.2, 0.25) is 15.9 Å². The number of rotatable bonds is 5. The normalized spacial score (nSPS) is 29.9. The second-order valence-corrected chi connectivity index (χ2v) is 8.19. The third-order valence-electron chi connectivity index (χ3n) is 4.61. The Bertz CT molecular complexity index is 448. The molecule has 4 N–H and O–H groups in total. The van der Waals surface area contributed by atoms with E-state index in [4.69, 9.17) is 5.73 Å². The lowest BCUT2D eigenvalue weighted by Crippen LogP contribution is -2.52. The van der Waals surface area contributed by atoms with Gasteiger partial charge in [-0.15, -0.1) is 0 Å². The molecule has 1 rings (SSSR count). The standard InChI is InChI=1S/C13H27N3O3S/c1-9-11(14)6-5-10(13(9,2)3)12(17)15-7-8-16-20(4,18)19/h9-11,16H,5-8,14H2,1-4H3,(H,15,17). The molecule has 6 nitrogen and oxygen atoms in total. The van der Waals surface area contributed by atoms with Gasteiger partial charge in [-0.3, -0.25) is 4.79 Å². The average molecular weight is 305 g/mol. The summed E-state index contributed by atoms with van der Waals surface area (Å²) >= 11 is 0. The summed E-state index contributed by atoms with van der Waals surface area (Å²) in [7, 11) is -3.20. The lowest BCUT2D eigenvalue weighted by molar-refractivity contribution is -0.132. The molecule has 3 atom stereocenters. The molecule has 0 bridgehead atoms. The molecule has 1 aliphatic carbocycles. The molecule has 0 spiro atoms. The zero-order chi connectivity index (χ0) is 15.6. The fourth-order valence-corrected chi connectivity index (χ4v) is 3.34. The molecule has 3 unspecified atom stereocenters. The van der Waals surface area contributed by atoms with E-state index in [1.54, 1.807) is 0 Å². The number of carbonyl (C=O) groups excluding carboxylic acids is 1. The van der Waals surface area contributed by atoms with E-state index in [2.05, 4.69) is 30.8 Å². The number of hydrogen-bond acceptors (Lipinski definition) is 4. The molecule has 7 heteroatoms. The molecule has 118 valence electrons. The van der Waals surface area contributed by atoms with Crippen LogP contribution in [0.5, 0.6) is 0 Å². The van der Waals surface area contributed by atoms with Crippen LogP contribution in [0, 0.1) is 17.3 Å². The molecule has 0 aromatic heterocycles. The predicted molar refractivity (Wildman–Crippen MR) is 79.5 cm³/mol. The third kappa shape index (κ3) is 4.43. The molecule has 0 aromatic rings. The van der Waals surface area contributed by atoms with Crippen LogP contribution in [-0.4, -0.2) is 39.7 Å². The smallest absolute Gasteiger partial charge is 0.223 e. The van der Waals surface area contributed by atoms with E-state index < -0.39 is 10.0 Å². The third-order valence-corrected chi connectivity index (χ3v) is 5.34. The molecule has 1 fully saturated rings. The van der Waals surface area contributed by atoms with Crippen molar-refractivity contribution >= 4 is 15.9 Å². The number of amides is 1. The number of nitrogens with two attached hydrogens (primary N) is 1. The molecule has 0 radical (unpaired) electrons. The fraction of sp³-hybridized carbons (Fsp3) is 0.923. The molecule has 1 saturated carbocycles. The molecule has 0 aromatic carbocycles. The molecular formula is C13H27N3O3S. The van der Waals surface area contributed by atoms with Crippen LogP contribution in [-0.2, 0) is 14.8 Å². The van der Waals surface area contributed by atoms with Crippen molar-refractivity contribution in [1.29, 1.82) is 0 Å². The van der Waals surface area contributed by atoms with Crippen LogP contribution in [0.15, 0.2) is 0 Å². The largest absolute Gasteiger partial charge is 0.355 e. The van der Waals surface area contributed by atoms with Crippen molar-refractivity contribution in [2.75, 3.05) is 19.3 Å². The van der Waals surface area contributed by atoms with Gasteiger partial charge in [0.05, 0.1) is 6.26 Å². The number of carbonyl (C=O) groups is 1. The van der Waals surface area contributed by atoms with Gasteiger partial charge in [0, 0.05) is 25.0 Å². The van der Waals surface area contributed by atoms with Gasteiger partial charge >= 0.3 is 0 Å². The summed E-state index contributed by atoms with van der Waals surface area (Å²) in [6.45, 7) is 6.77. The van der Waals surface area contributed by atoms with Crippen LogP contribution >= 0.6 is 0 Å². The maximum absolute atomic E-state index is 12.3. The minimum atomic E-state index is -3.20. The van der Waals surface area contributed by atoms with E-state index in [0.29, 0.717) is 6.54 Å².